The first kappa shape index (κ1) is 11.8. The number of nitrogens with zero attached hydrogens (tertiary/aromatic N) is 1. The molecular weight excluding hydrogens is 232 g/mol. The molecule has 0 saturated carbocycles. The van der Waals surface area contributed by atoms with E-state index >= 15 is 0 Å². The minimum atomic E-state index is -0.203. The third-order valence-corrected chi connectivity index (χ3v) is 4.41. The summed E-state index contributed by atoms with van der Waals surface area (Å²) >= 11 is 0. The van der Waals surface area contributed by atoms with Crippen LogP contribution in [-0.2, 0) is 14.4 Å². The predicted molar refractivity (Wildman–Crippen MR) is 63.7 cm³/mol. The Morgan fingerprint density at radius 1 is 1.00 bits per heavy atom. The van der Waals surface area contributed by atoms with E-state index < -0.39 is 0 Å². The van der Waals surface area contributed by atoms with E-state index in [-0.39, 0.29) is 29.9 Å². The molecule has 98 valence electrons. The van der Waals surface area contributed by atoms with Gasteiger partial charge in [0, 0.05) is 31.3 Å². The number of amides is 2. The zero-order chi connectivity index (χ0) is 12.7. The van der Waals surface area contributed by atoms with E-state index in [4.69, 9.17) is 0 Å². The van der Waals surface area contributed by atoms with E-state index in [1.165, 1.54) is 0 Å². The zero-order valence-corrected chi connectivity index (χ0v) is 10.4. The van der Waals surface area contributed by atoms with Crippen LogP contribution in [-0.4, -0.2) is 40.6 Å². The molecule has 3 fully saturated rings. The van der Waals surface area contributed by atoms with Crippen molar-refractivity contribution in [3.63, 3.8) is 0 Å². The van der Waals surface area contributed by atoms with Crippen LogP contribution in [0.1, 0.15) is 44.9 Å². The highest BCUT2D eigenvalue weighted by atomic mass is 16.2. The molecule has 2 amide bonds. The van der Waals surface area contributed by atoms with Crippen LogP contribution in [0.5, 0.6) is 0 Å². The van der Waals surface area contributed by atoms with Crippen molar-refractivity contribution >= 4 is 17.6 Å². The van der Waals surface area contributed by atoms with Gasteiger partial charge in [-0.1, -0.05) is 6.42 Å². The second-order valence-corrected chi connectivity index (χ2v) is 5.60. The van der Waals surface area contributed by atoms with E-state index in [9.17, 15) is 14.4 Å². The first-order valence-electron chi connectivity index (χ1n) is 6.78. The molecule has 3 saturated heterocycles. The van der Waals surface area contributed by atoms with E-state index in [0.717, 1.165) is 19.3 Å². The monoisotopic (exact) mass is 250 g/mol. The third-order valence-electron chi connectivity index (χ3n) is 4.41. The Bertz CT molecular complexity index is 391. The second kappa shape index (κ2) is 4.46. The summed E-state index contributed by atoms with van der Waals surface area (Å²) in [4.78, 5) is 37.0. The fourth-order valence-corrected chi connectivity index (χ4v) is 3.68. The molecule has 0 spiro atoms. The van der Waals surface area contributed by atoms with Crippen molar-refractivity contribution in [2.45, 2.75) is 63.1 Å². The quantitative estimate of drug-likeness (QED) is 0.683. The van der Waals surface area contributed by atoms with Gasteiger partial charge in [-0.3, -0.25) is 24.6 Å². The van der Waals surface area contributed by atoms with Gasteiger partial charge in [0.2, 0.25) is 11.8 Å². The molecule has 3 unspecified atom stereocenters. The summed E-state index contributed by atoms with van der Waals surface area (Å²) in [7, 11) is 0. The lowest BCUT2D eigenvalue weighted by Gasteiger charge is -2.49. The van der Waals surface area contributed by atoms with Crippen molar-refractivity contribution in [1.29, 1.82) is 0 Å². The summed E-state index contributed by atoms with van der Waals surface area (Å²) in [6, 6.07) is 0.231. The molecular formula is C13H18N2O3. The molecule has 3 rings (SSSR count). The number of carbonyl (C=O) groups is 3. The molecule has 3 aliphatic heterocycles. The first-order valence-corrected chi connectivity index (χ1v) is 6.78. The standard InChI is InChI=1S/C13H18N2O3/c16-10-6-8-2-1-3-9(7-10)15(8)11-4-5-12(17)14-13(11)18/h8-9,11H,1-7H2,(H,14,17,18). The summed E-state index contributed by atoms with van der Waals surface area (Å²) in [5.41, 5.74) is 0. The highest BCUT2D eigenvalue weighted by Crippen LogP contribution is 2.35. The maximum absolute atomic E-state index is 12.0. The Labute approximate surface area is 106 Å². The van der Waals surface area contributed by atoms with E-state index in [0.29, 0.717) is 31.5 Å². The van der Waals surface area contributed by atoms with Crippen molar-refractivity contribution in [1.82, 2.24) is 10.2 Å². The number of Topliss-reactive ketones (excluding diaryl/α,β-unsaturated/α-hetero) is 1. The fourth-order valence-electron chi connectivity index (χ4n) is 3.68. The number of hydrogen-bond acceptors (Lipinski definition) is 4. The fraction of sp³-hybridized carbons (Fsp3) is 0.769. The van der Waals surface area contributed by atoms with E-state index in [1.807, 2.05) is 0 Å². The van der Waals surface area contributed by atoms with Crippen molar-refractivity contribution in [2.24, 2.45) is 0 Å². The average Bonchev–Trinajstić information content (AvgIpc) is 2.28. The van der Waals surface area contributed by atoms with Gasteiger partial charge in [-0.25, -0.2) is 0 Å². The van der Waals surface area contributed by atoms with Gasteiger partial charge in [-0.15, -0.1) is 0 Å². The molecule has 3 atom stereocenters. The van der Waals surface area contributed by atoms with Gasteiger partial charge in [0.1, 0.15) is 5.78 Å². The van der Waals surface area contributed by atoms with Gasteiger partial charge < -0.3 is 0 Å². The lowest BCUT2D eigenvalue weighted by Crippen LogP contribution is -2.62. The Kier molecular flexibility index (Phi) is 2.93. The molecule has 5 nitrogen and oxygen atoms in total. The van der Waals surface area contributed by atoms with Crippen LogP contribution >= 0.6 is 0 Å². The maximum atomic E-state index is 12.0. The SMILES string of the molecule is O=C1CC2CCCC(C1)N2C1CCC(=O)NC1=O. The van der Waals surface area contributed by atoms with Crippen LogP contribution in [0.4, 0.5) is 0 Å². The molecule has 1 N–H and O–H groups in total. The molecule has 2 bridgehead atoms. The largest absolute Gasteiger partial charge is 0.300 e. The van der Waals surface area contributed by atoms with Gasteiger partial charge in [0.25, 0.3) is 0 Å². The van der Waals surface area contributed by atoms with Crippen molar-refractivity contribution < 1.29 is 14.4 Å². The normalized spacial score (nSPS) is 37.6. The second-order valence-electron chi connectivity index (χ2n) is 5.60. The predicted octanol–water partition coefficient (Wildman–Crippen LogP) is 0.378. The van der Waals surface area contributed by atoms with Crippen LogP contribution in [0, 0.1) is 0 Å². The molecule has 3 heterocycles. The van der Waals surface area contributed by atoms with Crippen molar-refractivity contribution in [3.8, 4) is 0 Å². The Balaban J connectivity index is 1.80. The van der Waals surface area contributed by atoms with Gasteiger partial charge in [0.05, 0.1) is 6.04 Å². The number of fused-ring (bicyclic) bond motifs is 2. The zero-order valence-electron chi connectivity index (χ0n) is 10.4. The number of nitrogens with one attached hydrogen (secondary N) is 1. The summed E-state index contributed by atoms with van der Waals surface area (Å²) in [5, 5.41) is 2.42. The number of imide groups is 1. The average molecular weight is 250 g/mol. The molecule has 0 aromatic carbocycles. The lowest BCUT2D eigenvalue weighted by molar-refractivity contribution is -0.145. The molecule has 0 radical (unpaired) electrons. The van der Waals surface area contributed by atoms with Crippen LogP contribution in [0.2, 0.25) is 0 Å². The summed E-state index contributed by atoms with van der Waals surface area (Å²) < 4.78 is 0. The minimum absolute atomic E-state index is 0.169. The van der Waals surface area contributed by atoms with Crippen LogP contribution in [0.25, 0.3) is 0 Å². The molecule has 0 aromatic heterocycles. The highest BCUT2D eigenvalue weighted by molar-refractivity contribution is 6.00. The number of ketones is 1. The summed E-state index contributed by atoms with van der Waals surface area (Å²) in [5.74, 6) is -0.0137. The Morgan fingerprint density at radius 2 is 1.67 bits per heavy atom. The van der Waals surface area contributed by atoms with Crippen molar-refractivity contribution in [3.05, 3.63) is 0 Å². The number of carbonyl (C=O) groups excluding carboxylic acids is 3. The molecule has 3 aliphatic rings. The Morgan fingerprint density at radius 3 is 2.28 bits per heavy atom. The first-order chi connectivity index (χ1) is 8.65. The molecule has 18 heavy (non-hydrogen) atoms. The number of rotatable bonds is 1. The molecule has 0 aromatic rings. The molecule has 0 aliphatic carbocycles. The number of hydrogen-bond donors (Lipinski definition) is 1. The van der Waals surface area contributed by atoms with Crippen molar-refractivity contribution in [2.75, 3.05) is 0 Å². The third kappa shape index (κ3) is 1.96. The van der Waals surface area contributed by atoms with Gasteiger partial charge in [-0.2, -0.15) is 0 Å². The maximum Gasteiger partial charge on any atom is 0.243 e. The van der Waals surface area contributed by atoms with Crippen LogP contribution < -0.4 is 5.32 Å². The number of piperidine rings is 3. The molecule has 5 heteroatoms. The Hall–Kier alpha value is -1.23. The topological polar surface area (TPSA) is 66.5 Å². The summed E-state index contributed by atoms with van der Waals surface area (Å²) in [6.07, 6.45) is 5.32. The minimum Gasteiger partial charge on any atom is -0.300 e. The van der Waals surface area contributed by atoms with Gasteiger partial charge >= 0.3 is 0 Å². The highest BCUT2D eigenvalue weighted by Gasteiger charge is 2.44. The smallest absolute Gasteiger partial charge is 0.243 e. The van der Waals surface area contributed by atoms with Crippen LogP contribution in [0.3, 0.4) is 0 Å². The van der Waals surface area contributed by atoms with E-state index in [2.05, 4.69) is 10.2 Å². The van der Waals surface area contributed by atoms with Gasteiger partial charge in [0.15, 0.2) is 0 Å². The summed E-state index contributed by atoms with van der Waals surface area (Å²) in [6.45, 7) is 0. The lowest BCUT2D eigenvalue weighted by atomic mass is 9.81. The van der Waals surface area contributed by atoms with Crippen LogP contribution in [0.15, 0.2) is 0 Å². The van der Waals surface area contributed by atoms with Gasteiger partial charge in [-0.05, 0) is 19.3 Å². The van der Waals surface area contributed by atoms with E-state index in [1.54, 1.807) is 0 Å².